The van der Waals surface area contributed by atoms with Crippen LogP contribution in [-0.4, -0.2) is 17.1 Å². The number of carbonyl (C=O) groups excluding carboxylic acids is 2. The molecule has 0 bridgehead atoms. The van der Waals surface area contributed by atoms with Gasteiger partial charge in [-0.2, -0.15) is 5.26 Å². The van der Waals surface area contributed by atoms with Crippen molar-refractivity contribution in [1.29, 1.82) is 5.26 Å². The van der Waals surface area contributed by atoms with Crippen LogP contribution in [0.1, 0.15) is 11.1 Å². The first-order valence-electron chi connectivity index (χ1n) is 8.16. The fourth-order valence-corrected chi connectivity index (χ4v) is 4.57. The minimum atomic E-state index is -0.840. The van der Waals surface area contributed by atoms with Crippen LogP contribution < -0.4 is 10.6 Å². The Kier molecular flexibility index (Phi) is 5.68. The van der Waals surface area contributed by atoms with Gasteiger partial charge in [-0.05, 0) is 43.2 Å². The van der Waals surface area contributed by atoms with Gasteiger partial charge in [-0.1, -0.05) is 57.5 Å². The van der Waals surface area contributed by atoms with Crippen molar-refractivity contribution in [3.8, 4) is 6.07 Å². The molecule has 2 aromatic carbocycles. The number of hydrogen-bond acceptors (Lipinski definition) is 4. The largest absolute Gasteiger partial charge is 0.365 e. The Balaban J connectivity index is 2.03. The average Bonchev–Trinajstić information content (AvgIpc) is 2.92. The molecular weight excluding hydrogens is 426 g/mol. The molecule has 1 saturated heterocycles. The number of amides is 2. The molecule has 1 aliphatic rings. The van der Waals surface area contributed by atoms with E-state index in [-0.39, 0.29) is 11.5 Å². The van der Waals surface area contributed by atoms with E-state index in [1.54, 1.807) is 12.1 Å². The summed E-state index contributed by atoms with van der Waals surface area (Å²) in [5.41, 5.74) is 7.82. The lowest BCUT2D eigenvalue weighted by molar-refractivity contribution is -0.117. The fourth-order valence-electron chi connectivity index (χ4n) is 2.81. The first kappa shape index (κ1) is 19.2. The van der Waals surface area contributed by atoms with Crippen LogP contribution in [0.4, 0.5) is 5.69 Å². The van der Waals surface area contributed by atoms with E-state index in [9.17, 15) is 14.9 Å². The summed E-state index contributed by atoms with van der Waals surface area (Å²) < 4.78 is 0.927. The summed E-state index contributed by atoms with van der Waals surface area (Å²) in [6.45, 7) is 1.95. The zero-order valence-corrected chi connectivity index (χ0v) is 16.9. The van der Waals surface area contributed by atoms with Gasteiger partial charge in [0.2, 0.25) is 5.91 Å². The lowest BCUT2D eigenvalue weighted by Gasteiger charge is -2.18. The molecule has 2 aromatic rings. The van der Waals surface area contributed by atoms with E-state index in [1.165, 1.54) is 16.7 Å². The molecule has 136 valence electrons. The summed E-state index contributed by atoms with van der Waals surface area (Å²) in [7, 11) is 0. The maximum atomic E-state index is 13.1. The number of benzene rings is 2. The molecule has 0 spiro atoms. The predicted molar refractivity (Wildman–Crippen MR) is 110 cm³/mol. The van der Waals surface area contributed by atoms with Crippen LogP contribution in [0.15, 0.2) is 63.6 Å². The highest BCUT2D eigenvalue weighted by Gasteiger charge is 2.40. The van der Waals surface area contributed by atoms with E-state index in [1.807, 2.05) is 49.4 Å². The second-order valence-electron chi connectivity index (χ2n) is 6.11. The molecule has 3 rings (SSSR count). The highest BCUT2D eigenvalue weighted by molar-refractivity contribution is 9.10. The Hall–Kier alpha value is -2.56. The quantitative estimate of drug-likeness (QED) is 0.578. The summed E-state index contributed by atoms with van der Waals surface area (Å²) in [5, 5.41) is 9.24. The molecule has 7 heteroatoms. The standard InChI is InChI=1S/C20H16BrN3O2S/c1-12-5-7-15(8-6-12)24-19(26)17(10-13-3-2-4-14(21)9-13)27-20(24)16(11-22)18(23)25/h2-9,17H,10H2,1H3,(H2,23,25). The maximum absolute atomic E-state index is 13.1. The van der Waals surface area contributed by atoms with E-state index in [0.29, 0.717) is 17.1 Å². The van der Waals surface area contributed by atoms with Crippen molar-refractivity contribution in [1.82, 2.24) is 0 Å². The van der Waals surface area contributed by atoms with Crippen molar-refractivity contribution in [2.75, 3.05) is 4.90 Å². The molecule has 2 amide bonds. The van der Waals surface area contributed by atoms with Crippen LogP contribution in [0.5, 0.6) is 0 Å². The van der Waals surface area contributed by atoms with Crippen LogP contribution in [0.3, 0.4) is 0 Å². The van der Waals surface area contributed by atoms with Gasteiger partial charge in [-0.25, -0.2) is 0 Å². The average molecular weight is 442 g/mol. The summed E-state index contributed by atoms with van der Waals surface area (Å²) >= 11 is 4.64. The molecule has 1 heterocycles. The van der Waals surface area contributed by atoms with Crippen molar-refractivity contribution in [3.63, 3.8) is 0 Å². The number of aryl methyl sites for hydroxylation is 1. The number of carbonyl (C=O) groups is 2. The minimum absolute atomic E-state index is 0.173. The first-order chi connectivity index (χ1) is 12.9. The molecular formula is C20H16BrN3O2S. The Morgan fingerprint density at radius 3 is 2.59 bits per heavy atom. The smallest absolute Gasteiger partial charge is 0.262 e. The van der Waals surface area contributed by atoms with Gasteiger partial charge in [0.15, 0.2) is 0 Å². The third kappa shape index (κ3) is 4.07. The van der Waals surface area contributed by atoms with Crippen LogP contribution in [0.2, 0.25) is 0 Å². The zero-order chi connectivity index (χ0) is 19.6. The molecule has 1 aliphatic heterocycles. The van der Waals surface area contributed by atoms with Crippen LogP contribution in [-0.2, 0) is 16.0 Å². The summed E-state index contributed by atoms with van der Waals surface area (Å²) in [5.74, 6) is -1.01. The van der Waals surface area contributed by atoms with E-state index in [2.05, 4.69) is 15.9 Å². The van der Waals surface area contributed by atoms with Gasteiger partial charge in [0.1, 0.15) is 16.7 Å². The van der Waals surface area contributed by atoms with E-state index < -0.39 is 11.2 Å². The Labute approximate surface area is 170 Å². The first-order valence-corrected chi connectivity index (χ1v) is 9.84. The fraction of sp³-hybridized carbons (Fsp3) is 0.150. The van der Waals surface area contributed by atoms with Gasteiger partial charge in [0.05, 0.1) is 5.25 Å². The van der Waals surface area contributed by atoms with Crippen molar-refractivity contribution >= 4 is 45.2 Å². The number of halogens is 1. The van der Waals surface area contributed by atoms with E-state index in [4.69, 9.17) is 5.73 Å². The SMILES string of the molecule is Cc1ccc(N2C(=O)C(Cc3cccc(Br)c3)SC2=C(C#N)C(N)=O)cc1. The Bertz CT molecular complexity index is 979. The third-order valence-corrected chi connectivity index (χ3v) is 5.88. The number of nitrogens with two attached hydrogens (primary N) is 1. The Morgan fingerprint density at radius 1 is 1.30 bits per heavy atom. The van der Waals surface area contributed by atoms with Gasteiger partial charge in [0.25, 0.3) is 5.91 Å². The zero-order valence-electron chi connectivity index (χ0n) is 14.5. The molecule has 1 atom stereocenters. The molecule has 1 fully saturated rings. The van der Waals surface area contributed by atoms with Crippen molar-refractivity contribution in [2.24, 2.45) is 5.73 Å². The molecule has 5 nitrogen and oxygen atoms in total. The molecule has 1 unspecified atom stereocenters. The van der Waals surface area contributed by atoms with Gasteiger partial charge in [-0.3, -0.25) is 14.5 Å². The van der Waals surface area contributed by atoms with Crippen LogP contribution in [0.25, 0.3) is 0 Å². The van der Waals surface area contributed by atoms with Crippen LogP contribution in [0, 0.1) is 18.3 Å². The molecule has 27 heavy (non-hydrogen) atoms. The second-order valence-corrected chi connectivity index (χ2v) is 8.21. The number of anilines is 1. The number of hydrogen-bond donors (Lipinski definition) is 1. The van der Waals surface area contributed by atoms with Gasteiger partial charge in [-0.15, -0.1) is 0 Å². The van der Waals surface area contributed by atoms with Crippen molar-refractivity contribution < 1.29 is 9.59 Å². The minimum Gasteiger partial charge on any atom is -0.365 e. The van der Waals surface area contributed by atoms with E-state index >= 15 is 0 Å². The topological polar surface area (TPSA) is 87.2 Å². The number of nitriles is 1. The highest BCUT2D eigenvalue weighted by atomic mass is 79.9. The number of thioether (sulfide) groups is 1. The van der Waals surface area contributed by atoms with Crippen LogP contribution >= 0.6 is 27.7 Å². The van der Waals surface area contributed by atoms with Gasteiger partial charge < -0.3 is 5.73 Å². The molecule has 2 N–H and O–H groups in total. The summed E-state index contributed by atoms with van der Waals surface area (Å²) in [4.78, 5) is 26.3. The summed E-state index contributed by atoms with van der Waals surface area (Å²) in [6, 6.07) is 16.9. The van der Waals surface area contributed by atoms with E-state index in [0.717, 1.165) is 15.6 Å². The lowest BCUT2D eigenvalue weighted by Crippen LogP contribution is -2.31. The molecule has 0 radical (unpaired) electrons. The number of rotatable bonds is 4. The second kappa shape index (κ2) is 7.99. The van der Waals surface area contributed by atoms with Gasteiger partial charge >= 0.3 is 0 Å². The maximum Gasteiger partial charge on any atom is 0.262 e. The monoisotopic (exact) mass is 441 g/mol. The number of primary amides is 1. The predicted octanol–water partition coefficient (Wildman–Crippen LogP) is 3.67. The molecule has 0 saturated carbocycles. The molecule has 0 aromatic heterocycles. The lowest BCUT2D eigenvalue weighted by atomic mass is 10.1. The van der Waals surface area contributed by atoms with Gasteiger partial charge in [0, 0.05) is 10.2 Å². The Morgan fingerprint density at radius 2 is 2.00 bits per heavy atom. The van der Waals surface area contributed by atoms with Crippen molar-refractivity contribution in [2.45, 2.75) is 18.6 Å². The number of nitrogens with zero attached hydrogens (tertiary/aromatic N) is 2. The summed E-state index contributed by atoms with van der Waals surface area (Å²) in [6.07, 6.45) is 0.478. The van der Waals surface area contributed by atoms with Crippen molar-refractivity contribution in [3.05, 3.63) is 74.7 Å². The molecule has 0 aliphatic carbocycles. The third-order valence-electron chi connectivity index (χ3n) is 4.13. The highest BCUT2D eigenvalue weighted by Crippen LogP contribution is 2.41. The normalized spacial score (nSPS) is 18.3.